The first-order valence-electron chi connectivity index (χ1n) is 3.51. The van der Waals surface area contributed by atoms with Crippen LogP contribution in [0.1, 0.15) is 5.69 Å². The molecule has 4 heteroatoms. The van der Waals surface area contributed by atoms with Gasteiger partial charge in [0, 0.05) is 7.05 Å². The number of nitrogens with zero attached hydrogens (tertiary/aromatic N) is 1. The first-order chi connectivity index (χ1) is 5.57. The minimum atomic E-state index is -0.465. The van der Waals surface area contributed by atoms with Crippen molar-refractivity contribution in [1.82, 2.24) is 4.57 Å². The molecule has 0 bridgehead atoms. The van der Waals surface area contributed by atoms with Crippen molar-refractivity contribution in [3.05, 3.63) is 22.1 Å². The van der Waals surface area contributed by atoms with E-state index in [1.165, 1.54) is 13.3 Å². The van der Waals surface area contributed by atoms with Crippen LogP contribution in [-0.2, 0) is 7.05 Å². The first kappa shape index (κ1) is 8.64. The minimum absolute atomic E-state index is 0.153. The van der Waals surface area contributed by atoms with Crippen molar-refractivity contribution in [2.75, 3.05) is 7.11 Å². The Hall–Kier alpha value is -1.45. The number of aryl methyl sites for hydroxylation is 1. The zero-order chi connectivity index (χ0) is 9.30. The highest BCUT2D eigenvalue weighted by Gasteiger charge is 2.09. The van der Waals surface area contributed by atoms with Crippen molar-refractivity contribution >= 4 is 0 Å². The van der Waals surface area contributed by atoms with Crippen molar-refractivity contribution in [3.8, 4) is 11.5 Å². The van der Waals surface area contributed by atoms with Crippen LogP contribution in [0.25, 0.3) is 0 Å². The number of ether oxygens (including phenoxy) is 1. The highest BCUT2D eigenvalue weighted by Crippen LogP contribution is 2.13. The predicted octanol–water partition coefficient (Wildman–Crippen LogP) is 0.408. The molecule has 0 unspecified atom stereocenters. The van der Waals surface area contributed by atoms with Crippen molar-refractivity contribution in [2.24, 2.45) is 7.05 Å². The monoisotopic (exact) mass is 169 g/mol. The van der Waals surface area contributed by atoms with E-state index >= 15 is 0 Å². The lowest BCUT2D eigenvalue weighted by molar-refractivity contribution is 0.392. The Morgan fingerprint density at radius 3 is 2.67 bits per heavy atom. The van der Waals surface area contributed by atoms with Gasteiger partial charge in [0.05, 0.1) is 19.0 Å². The van der Waals surface area contributed by atoms with E-state index in [-0.39, 0.29) is 11.5 Å². The summed E-state index contributed by atoms with van der Waals surface area (Å²) in [4.78, 5) is 11.2. The van der Waals surface area contributed by atoms with Crippen LogP contribution in [0.3, 0.4) is 0 Å². The van der Waals surface area contributed by atoms with Crippen LogP contribution in [0.5, 0.6) is 11.5 Å². The molecule has 0 aliphatic heterocycles. The van der Waals surface area contributed by atoms with Gasteiger partial charge in [0.25, 0.3) is 5.43 Å². The van der Waals surface area contributed by atoms with Gasteiger partial charge in [0.2, 0.25) is 0 Å². The van der Waals surface area contributed by atoms with E-state index in [0.717, 1.165) is 0 Å². The van der Waals surface area contributed by atoms with Crippen LogP contribution >= 0.6 is 0 Å². The Bertz CT molecular complexity index is 354. The van der Waals surface area contributed by atoms with E-state index in [4.69, 9.17) is 4.74 Å². The van der Waals surface area contributed by atoms with Gasteiger partial charge in [-0.1, -0.05) is 0 Å². The summed E-state index contributed by atoms with van der Waals surface area (Å²) in [5, 5.41) is 9.29. The lowest BCUT2D eigenvalue weighted by atomic mass is 10.3. The molecular weight excluding hydrogens is 158 g/mol. The molecule has 12 heavy (non-hydrogen) atoms. The minimum Gasteiger partial charge on any atom is -0.503 e. The number of hydrogen-bond acceptors (Lipinski definition) is 3. The van der Waals surface area contributed by atoms with E-state index in [2.05, 4.69) is 0 Å². The second kappa shape index (κ2) is 2.89. The summed E-state index contributed by atoms with van der Waals surface area (Å²) in [7, 11) is 3.13. The molecular formula is C8H11NO3. The van der Waals surface area contributed by atoms with Crippen molar-refractivity contribution in [3.63, 3.8) is 0 Å². The highest BCUT2D eigenvalue weighted by molar-refractivity contribution is 5.34. The number of pyridine rings is 1. The standard InChI is InChI=1S/C8H11NO3/c1-5-7(10)8(11)6(12-3)4-9(5)2/h4,10H,1-3H3. The summed E-state index contributed by atoms with van der Waals surface area (Å²) < 4.78 is 6.40. The third-order valence-corrected chi connectivity index (χ3v) is 1.84. The molecule has 0 spiro atoms. The number of rotatable bonds is 1. The molecule has 0 amide bonds. The molecule has 0 aliphatic rings. The van der Waals surface area contributed by atoms with E-state index in [1.54, 1.807) is 18.5 Å². The topological polar surface area (TPSA) is 51.5 Å². The third kappa shape index (κ3) is 1.15. The molecule has 1 N–H and O–H groups in total. The molecule has 1 heterocycles. The summed E-state index contributed by atoms with van der Waals surface area (Å²) in [5.41, 5.74) is 0.0638. The zero-order valence-electron chi connectivity index (χ0n) is 7.29. The maximum Gasteiger partial charge on any atom is 0.265 e. The SMILES string of the molecule is COc1cn(C)c(C)c(O)c1=O. The molecule has 66 valence electrons. The van der Waals surface area contributed by atoms with Gasteiger partial charge in [-0.2, -0.15) is 0 Å². The van der Waals surface area contributed by atoms with Crippen molar-refractivity contribution < 1.29 is 9.84 Å². The van der Waals surface area contributed by atoms with Crippen LogP contribution < -0.4 is 10.2 Å². The van der Waals surface area contributed by atoms with Crippen molar-refractivity contribution in [1.29, 1.82) is 0 Å². The molecule has 0 aromatic carbocycles. The molecule has 0 fully saturated rings. The van der Waals surface area contributed by atoms with E-state index in [0.29, 0.717) is 5.69 Å². The summed E-state index contributed by atoms with van der Waals surface area (Å²) >= 11 is 0. The van der Waals surface area contributed by atoms with Crippen LogP contribution in [0.4, 0.5) is 0 Å². The summed E-state index contributed by atoms with van der Waals surface area (Å²) in [6.07, 6.45) is 1.54. The van der Waals surface area contributed by atoms with Crippen LogP contribution in [0, 0.1) is 6.92 Å². The molecule has 0 radical (unpaired) electrons. The third-order valence-electron chi connectivity index (χ3n) is 1.84. The van der Waals surface area contributed by atoms with Gasteiger partial charge >= 0.3 is 0 Å². The quantitative estimate of drug-likeness (QED) is 0.662. The van der Waals surface area contributed by atoms with Gasteiger partial charge in [0.1, 0.15) is 0 Å². The van der Waals surface area contributed by atoms with Gasteiger partial charge in [0.15, 0.2) is 11.5 Å². The highest BCUT2D eigenvalue weighted by atomic mass is 16.5. The number of hydrogen-bond donors (Lipinski definition) is 1. The number of aromatic nitrogens is 1. The molecule has 0 saturated carbocycles. The Balaban J connectivity index is 3.50. The Morgan fingerprint density at radius 2 is 2.17 bits per heavy atom. The molecule has 4 nitrogen and oxygen atoms in total. The molecule has 1 aromatic rings. The fraction of sp³-hybridized carbons (Fsp3) is 0.375. The van der Waals surface area contributed by atoms with Gasteiger partial charge < -0.3 is 14.4 Å². The lowest BCUT2D eigenvalue weighted by Crippen LogP contribution is -2.11. The predicted molar refractivity (Wildman–Crippen MR) is 44.6 cm³/mol. The molecule has 1 aromatic heterocycles. The molecule has 0 aliphatic carbocycles. The van der Waals surface area contributed by atoms with Crippen LogP contribution in [0.15, 0.2) is 11.0 Å². The van der Waals surface area contributed by atoms with Gasteiger partial charge in [-0.3, -0.25) is 4.79 Å². The average Bonchev–Trinajstić information content (AvgIpc) is 2.08. The second-order valence-corrected chi connectivity index (χ2v) is 2.57. The largest absolute Gasteiger partial charge is 0.503 e. The second-order valence-electron chi connectivity index (χ2n) is 2.57. The Kier molecular flexibility index (Phi) is 2.08. The summed E-state index contributed by atoms with van der Waals surface area (Å²) in [6.45, 7) is 1.66. The maximum atomic E-state index is 11.2. The Labute approximate surface area is 70.0 Å². The number of aromatic hydroxyl groups is 1. The van der Waals surface area contributed by atoms with E-state index in [9.17, 15) is 9.90 Å². The van der Waals surface area contributed by atoms with E-state index < -0.39 is 5.43 Å². The average molecular weight is 169 g/mol. The normalized spacial score (nSPS) is 9.92. The summed E-state index contributed by atoms with van der Waals surface area (Å²) in [6, 6.07) is 0. The molecule has 0 atom stereocenters. The maximum absolute atomic E-state index is 11.2. The van der Waals surface area contributed by atoms with Gasteiger partial charge in [-0.25, -0.2) is 0 Å². The number of methoxy groups -OCH3 is 1. The van der Waals surface area contributed by atoms with Crippen LogP contribution in [-0.4, -0.2) is 16.8 Å². The smallest absolute Gasteiger partial charge is 0.265 e. The fourth-order valence-corrected chi connectivity index (χ4v) is 0.925. The lowest BCUT2D eigenvalue weighted by Gasteiger charge is -2.07. The van der Waals surface area contributed by atoms with Crippen molar-refractivity contribution in [2.45, 2.75) is 6.92 Å². The first-order valence-corrected chi connectivity index (χ1v) is 3.51. The zero-order valence-corrected chi connectivity index (χ0v) is 7.29. The molecule has 1 rings (SSSR count). The Morgan fingerprint density at radius 1 is 1.58 bits per heavy atom. The fourth-order valence-electron chi connectivity index (χ4n) is 0.925. The van der Waals surface area contributed by atoms with Gasteiger partial charge in [-0.05, 0) is 6.92 Å². The van der Waals surface area contributed by atoms with E-state index in [1.807, 2.05) is 0 Å². The van der Waals surface area contributed by atoms with Crippen LogP contribution in [0.2, 0.25) is 0 Å². The molecule has 0 saturated heterocycles. The van der Waals surface area contributed by atoms with Gasteiger partial charge in [-0.15, -0.1) is 0 Å². The summed E-state index contributed by atoms with van der Waals surface area (Å²) in [5.74, 6) is -0.0996.